The summed E-state index contributed by atoms with van der Waals surface area (Å²) in [6.45, 7) is 0.442. The maximum absolute atomic E-state index is 13.0. The van der Waals surface area contributed by atoms with Crippen molar-refractivity contribution < 1.29 is 38.3 Å². The highest BCUT2D eigenvalue weighted by Crippen LogP contribution is 2.43. The minimum absolute atomic E-state index is 0.0469. The average molecular weight is 732 g/mol. The summed E-state index contributed by atoms with van der Waals surface area (Å²) in [5, 5.41) is 14.7. The fraction of sp³-hybridized carbons (Fsp3) is 0.268. The first-order valence-corrected chi connectivity index (χ1v) is 17.4. The number of rotatable bonds is 15. The molecule has 7 rings (SSSR count). The van der Waals surface area contributed by atoms with E-state index in [1.54, 1.807) is 50.2 Å². The van der Waals surface area contributed by atoms with Gasteiger partial charge in [-0.3, -0.25) is 9.36 Å². The van der Waals surface area contributed by atoms with Crippen molar-refractivity contribution in [3.05, 3.63) is 144 Å². The molecule has 0 spiro atoms. The van der Waals surface area contributed by atoms with Crippen LogP contribution in [0.15, 0.2) is 122 Å². The number of imidazole rings is 1. The number of fused-ring (bicyclic) bond motifs is 1. The number of anilines is 1. The van der Waals surface area contributed by atoms with E-state index in [1.807, 2.05) is 84.9 Å². The smallest absolute Gasteiger partial charge is 0.256 e. The summed E-state index contributed by atoms with van der Waals surface area (Å²) < 4.78 is 37.8. The maximum Gasteiger partial charge on any atom is 0.256 e. The lowest BCUT2D eigenvalue weighted by Crippen LogP contribution is -2.40. The van der Waals surface area contributed by atoms with Gasteiger partial charge in [0.05, 0.1) is 40.4 Å². The van der Waals surface area contributed by atoms with Gasteiger partial charge in [0.15, 0.2) is 23.2 Å². The third-order valence-corrected chi connectivity index (χ3v) is 9.45. The number of aliphatic hydroxyl groups is 1. The first kappa shape index (κ1) is 36.6. The largest absolute Gasteiger partial charge is 0.497 e. The van der Waals surface area contributed by atoms with Crippen LogP contribution in [0.5, 0.6) is 11.5 Å². The van der Waals surface area contributed by atoms with E-state index in [1.165, 1.54) is 12.7 Å². The summed E-state index contributed by atoms with van der Waals surface area (Å²) in [5.41, 5.74) is 2.57. The quantitative estimate of drug-likeness (QED) is 0.103. The first-order chi connectivity index (χ1) is 26.5. The molecule has 3 heterocycles. The van der Waals surface area contributed by atoms with Crippen molar-refractivity contribution in [1.29, 1.82) is 0 Å². The molecule has 1 aliphatic heterocycles. The van der Waals surface area contributed by atoms with Crippen LogP contribution >= 0.6 is 0 Å². The Labute approximate surface area is 312 Å². The van der Waals surface area contributed by atoms with Crippen molar-refractivity contribution in [2.75, 3.05) is 46.5 Å². The van der Waals surface area contributed by atoms with Crippen LogP contribution in [-0.2, 0) is 24.5 Å². The predicted octanol–water partition coefficient (Wildman–Crippen LogP) is 5.39. The summed E-state index contributed by atoms with van der Waals surface area (Å²) in [4.78, 5) is 26.3. The Balaban J connectivity index is 1.24. The molecule has 4 aromatic carbocycles. The van der Waals surface area contributed by atoms with Gasteiger partial charge in [-0.15, -0.1) is 0 Å². The van der Waals surface area contributed by atoms with Crippen LogP contribution in [0.4, 0.5) is 5.82 Å². The molecule has 1 aliphatic rings. The fourth-order valence-electron chi connectivity index (χ4n) is 6.71. The van der Waals surface area contributed by atoms with Crippen molar-refractivity contribution in [2.24, 2.45) is 0 Å². The number of aromatic nitrogens is 4. The number of benzene rings is 4. The molecular formula is C41H41N5O8. The molecule has 2 N–H and O–H groups in total. The number of nitrogens with one attached hydrogen (secondary N) is 1. The van der Waals surface area contributed by atoms with Crippen molar-refractivity contribution in [3.8, 4) is 11.5 Å². The second-order valence-corrected chi connectivity index (χ2v) is 12.6. The number of nitrogens with zero attached hydrogens (tertiary/aromatic N) is 4. The molecule has 4 atom stereocenters. The zero-order chi connectivity index (χ0) is 37.5. The van der Waals surface area contributed by atoms with Crippen LogP contribution in [0.2, 0.25) is 0 Å². The van der Waals surface area contributed by atoms with Crippen LogP contribution in [0.3, 0.4) is 0 Å². The Morgan fingerprint density at radius 3 is 2.02 bits per heavy atom. The van der Waals surface area contributed by atoms with E-state index in [4.69, 9.17) is 28.4 Å². The van der Waals surface area contributed by atoms with Crippen LogP contribution in [0, 0.1) is 0 Å². The van der Waals surface area contributed by atoms with E-state index in [2.05, 4.69) is 20.3 Å². The number of aliphatic hydroxyl groups excluding tert-OH is 1. The highest BCUT2D eigenvalue weighted by atomic mass is 16.6. The fourth-order valence-corrected chi connectivity index (χ4v) is 6.71. The van der Waals surface area contributed by atoms with Crippen molar-refractivity contribution in [1.82, 2.24) is 19.5 Å². The molecular weight excluding hydrogens is 690 g/mol. The Kier molecular flexibility index (Phi) is 11.2. The van der Waals surface area contributed by atoms with E-state index in [9.17, 15) is 9.90 Å². The molecule has 0 saturated carbocycles. The van der Waals surface area contributed by atoms with E-state index in [0.717, 1.165) is 16.7 Å². The van der Waals surface area contributed by atoms with Crippen LogP contribution in [0.25, 0.3) is 11.2 Å². The lowest BCUT2D eigenvalue weighted by molar-refractivity contribution is -0.0970. The van der Waals surface area contributed by atoms with E-state index in [-0.39, 0.29) is 24.9 Å². The number of ether oxygens (including phenoxy) is 6. The van der Waals surface area contributed by atoms with Gasteiger partial charge in [-0.25, -0.2) is 15.0 Å². The molecule has 13 nitrogen and oxygen atoms in total. The molecule has 4 unspecified atom stereocenters. The second kappa shape index (κ2) is 16.5. The predicted molar refractivity (Wildman–Crippen MR) is 200 cm³/mol. The monoisotopic (exact) mass is 731 g/mol. The van der Waals surface area contributed by atoms with Gasteiger partial charge in [0.25, 0.3) is 5.91 Å². The Hall–Kier alpha value is -5.70. The average Bonchev–Trinajstić information content (AvgIpc) is 3.80. The molecule has 1 fully saturated rings. The third-order valence-electron chi connectivity index (χ3n) is 9.45. The molecule has 0 bridgehead atoms. The topological polar surface area (TPSA) is 148 Å². The van der Waals surface area contributed by atoms with Crippen molar-refractivity contribution >= 4 is 22.9 Å². The molecule has 278 valence electrons. The Bertz CT molecular complexity index is 2080. The van der Waals surface area contributed by atoms with Gasteiger partial charge in [0, 0.05) is 12.7 Å². The number of methoxy groups -OCH3 is 3. The van der Waals surface area contributed by atoms with E-state index < -0.39 is 30.1 Å². The number of hydrogen-bond donors (Lipinski definition) is 2. The molecule has 13 heteroatoms. The maximum atomic E-state index is 13.0. The van der Waals surface area contributed by atoms with E-state index in [0.29, 0.717) is 34.8 Å². The van der Waals surface area contributed by atoms with Gasteiger partial charge >= 0.3 is 0 Å². The molecule has 1 amide bonds. The molecule has 0 radical (unpaired) electrons. The highest BCUT2D eigenvalue weighted by molar-refractivity contribution is 6.06. The normalized spacial score (nSPS) is 18.4. The number of amides is 1. The zero-order valence-corrected chi connectivity index (χ0v) is 30.1. The van der Waals surface area contributed by atoms with Crippen molar-refractivity contribution in [3.63, 3.8) is 0 Å². The van der Waals surface area contributed by atoms with Gasteiger partial charge in [-0.1, -0.05) is 72.8 Å². The SMILES string of the molecule is COCCOC1C(O)C(COC(c2ccccc2)(c2ccc(OC)cc2)c2ccc(OC)cc2)OC1n1cnc2c(NC(=O)c3ccccc3)ncnc21. The lowest BCUT2D eigenvalue weighted by atomic mass is 9.80. The standard InChI is InChI=1S/C41H41N5O8/c1-49-22-23-52-36-35(47)33(54-40(36)46-26-44-34-37(42-25-43-38(34)46)45-39(48)27-10-6-4-7-11-27)24-53-41(28-12-8-5-9-13-28,29-14-18-31(50-2)19-15-29)30-16-20-32(51-3)21-17-30/h4-21,25-26,33,35-36,40,47H,22-24H2,1-3H3,(H,42,43,45,48). The molecule has 1 saturated heterocycles. The van der Waals surface area contributed by atoms with Gasteiger partial charge in [0.1, 0.15) is 41.7 Å². The van der Waals surface area contributed by atoms with Gasteiger partial charge in [-0.2, -0.15) is 0 Å². The highest BCUT2D eigenvalue weighted by Gasteiger charge is 2.48. The number of hydrogen-bond acceptors (Lipinski definition) is 11. The van der Waals surface area contributed by atoms with Gasteiger partial charge in [0.2, 0.25) is 0 Å². The van der Waals surface area contributed by atoms with Crippen LogP contribution in [0.1, 0.15) is 33.3 Å². The van der Waals surface area contributed by atoms with Crippen molar-refractivity contribution in [2.45, 2.75) is 30.1 Å². The van der Waals surface area contributed by atoms with Gasteiger partial charge < -0.3 is 38.8 Å². The minimum Gasteiger partial charge on any atom is -0.497 e. The summed E-state index contributed by atoms with van der Waals surface area (Å²) in [7, 11) is 4.82. The zero-order valence-electron chi connectivity index (χ0n) is 30.1. The Morgan fingerprint density at radius 2 is 1.41 bits per heavy atom. The second-order valence-electron chi connectivity index (χ2n) is 12.6. The minimum atomic E-state index is -1.14. The van der Waals surface area contributed by atoms with Gasteiger partial charge in [-0.05, 0) is 53.1 Å². The summed E-state index contributed by atoms with van der Waals surface area (Å²) in [6, 6.07) is 34.1. The molecule has 54 heavy (non-hydrogen) atoms. The summed E-state index contributed by atoms with van der Waals surface area (Å²) in [6.07, 6.45) is -0.866. The third kappa shape index (κ3) is 7.27. The Morgan fingerprint density at radius 1 is 0.796 bits per heavy atom. The van der Waals surface area contributed by atoms with Crippen LogP contribution in [-0.4, -0.2) is 90.0 Å². The molecule has 0 aliphatic carbocycles. The lowest BCUT2D eigenvalue weighted by Gasteiger charge is -2.37. The van der Waals surface area contributed by atoms with Crippen LogP contribution < -0.4 is 14.8 Å². The van der Waals surface area contributed by atoms with E-state index >= 15 is 0 Å². The molecule has 6 aromatic rings. The molecule has 2 aromatic heterocycles. The number of carbonyl (C=O) groups excluding carboxylic acids is 1. The summed E-state index contributed by atoms with van der Waals surface area (Å²) >= 11 is 0. The summed E-state index contributed by atoms with van der Waals surface area (Å²) in [5.74, 6) is 1.28. The first-order valence-electron chi connectivity index (χ1n) is 17.4. The number of carbonyl (C=O) groups is 1.